The fourth-order valence-electron chi connectivity index (χ4n) is 3.21. The molecule has 1 atom stereocenters. The molecule has 0 spiro atoms. The van der Waals surface area contributed by atoms with Crippen LogP contribution in [0.25, 0.3) is 11.3 Å². The number of nitrogens with zero attached hydrogens (tertiary/aromatic N) is 2. The Morgan fingerprint density at radius 3 is 2.74 bits per heavy atom. The molecule has 0 aliphatic carbocycles. The largest absolute Gasteiger partial charge is 0.497 e. The molecule has 1 heterocycles. The summed E-state index contributed by atoms with van der Waals surface area (Å²) in [7, 11) is 5.50. The minimum absolute atomic E-state index is 0.0196. The van der Waals surface area contributed by atoms with Crippen LogP contribution in [0.5, 0.6) is 5.75 Å². The van der Waals surface area contributed by atoms with Gasteiger partial charge in [-0.25, -0.2) is 13.8 Å². The van der Waals surface area contributed by atoms with E-state index in [0.717, 1.165) is 23.4 Å². The number of carbonyl (C=O) groups is 1. The van der Waals surface area contributed by atoms with E-state index in [2.05, 4.69) is 10.3 Å². The molecule has 0 aliphatic rings. The minimum Gasteiger partial charge on any atom is -0.497 e. The quantitative estimate of drug-likeness (QED) is 0.557. The number of carbonyl (C=O) groups excluding carboxylic acids is 1. The summed E-state index contributed by atoms with van der Waals surface area (Å²) in [5.74, 6) is -0.282. The Hall–Kier alpha value is -3.26. The Morgan fingerprint density at radius 2 is 2.03 bits per heavy atom. The first-order chi connectivity index (χ1) is 14.9. The highest BCUT2D eigenvalue weighted by molar-refractivity contribution is 5.76. The number of methoxy groups -OCH3 is 1. The summed E-state index contributed by atoms with van der Waals surface area (Å²) in [4.78, 5) is 18.5. The maximum absolute atomic E-state index is 13.9. The van der Waals surface area contributed by atoms with Gasteiger partial charge in [-0.2, -0.15) is 0 Å². The normalized spacial score (nSPS) is 12.1. The lowest BCUT2D eigenvalue weighted by molar-refractivity contribution is -0.121. The van der Waals surface area contributed by atoms with Crippen molar-refractivity contribution < 1.29 is 22.7 Å². The number of benzene rings is 2. The van der Waals surface area contributed by atoms with Gasteiger partial charge in [-0.05, 0) is 43.9 Å². The summed E-state index contributed by atoms with van der Waals surface area (Å²) in [5.41, 5.74) is 1.15. The average Bonchev–Trinajstić information content (AvgIpc) is 3.21. The van der Waals surface area contributed by atoms with Gasteiger partial charge >= 0.3 is 0 Å². The molecule has 3 aromatic rings. The Kier molecular flexibility index (Phi) is 7.36. The SMILES string of the molecule is COc1cccc(C(CNC(=O)CCc2ncc(-c3ccc(F)cc3F)o2)N(C)C)c1. The maximum Gasteiger partial charge on any atom is 0.220 e. The number of hydrogen-bond donors (Lipinski definition) is 1. The zero-order valence-corrected chi connectivity index (χ0v) is 17.7. The van der Waals surface area contributed by atoms with E-state index in [1.165, 1.54) is 12.3 Å². The highest BCUT2D eigenvalue weighted by atomic mass is 19.1. The molecule has 0 saturated carbocycles. The van der Waals surface area contributed by atoms with Gasteiger partial charge in [-0.15, -0.1) is 0 Å². The molecule has 0 radical (unpaired) electrons. The van der Waals surface area contributed by atoms with Crippen molar-refractivity contribution >= 4 is 5.91 Å². The van der Waals surface area contributed by atoms with Crippen molar-refractivity contribution in [3.63, 3.8) is 0 Å². The number of ether oxygens (including phenoxy) is 1. The van der Waals surface area contributed by atoms with Gasteiger partial charge in [0.15, 0.2) is 11.7 Å². The second-order valence-corrected chi connectivity index (χ2v) is 7.30. The van der Waals surface area contributed by atoms with E-state index in [-0.39, 0.29) is 36.1 Å². The number of hydrogen-bond acceptors (Lipinski definition) is 5. The first-order valence-corrected chi connectivity index (χ1v) is 9.84. The van der Waals surface area contributed by atoms with Crippen molar-refractivity contribution in [2.24, 2.45) is 0 Å². The number of rotatable bonds is 9. The average molecular weight is 429 g/mol. The third-order valence-corrected chi connectivity index (χ3v) is 4.91. The van der Waals surface area contributed by atoms with E-state index >= 15 is 0 Å². The van der Waals surface area contributed by atoms with Gasteiger partial charge in [0.1, 0.15) is 17.4 Å². The third kappa shape index (κ3) is 5.88. The zero-order chi connectivity index (χ0) is 22.4. The molecule has 0 aliphatic heterocycles. The van der Waals surface area contributed by atoms with E-state index < -0.39 is 11.6 Å². The summed E-state index contributed by atoms with van der Waals surface area (Å²) in [5, 5.41) is 2.93. The number of aromatic nitrogens is 1. The van der Waals surface area contributed by atoms with Gasteiger partial charge in [0.25, 0.3) is 0 Å². The molecule has 8 heteroatoms. The molecule has 6 nitrogen and oxygen atoms in total. The molecular formula is C23H25F2N3O3. The molecule has 164 valence electrons. The lowest BCUT2D eigenvalue weighted by atomic mass is 10.1. The molecule has 2 aromatic carbocycles. The Balaban J connectivity index is 1.55. The summed E-state index contributed by atoms with van der Waals surface area (Å²) < 4.78 is 37.8. The second kappa shape index (κ2) is 10.2. The van der Waals surface area contributed by atoms with Gasteiger partial charge in [0, 0.05) is 25.5 Å². The van der Waals surface area contributed by atoms with Crippen LogP contribution in [0.2, 0.25) is 0 Å². The van der Waals surface area contributed by atoms with E-state index in [4.69, 9.17) is 9.15 Å². The number of amides is 1. The van der Waals surface area contributed by atoms with Crippen LogP contribution in [0, 0.1) is 11.6 Å². The summed E-state index contributed by atoms with van der Waals surface area (Å²) in [6, 6.07) is 10.9. The summed E-state index contributed by atoms with van der Waals surface area (Å²) in [6.45, 7) is 0.427. The predicted octanol–water partition coefficient (Wildman–Crippen LogP) is 3.98. The fraction of sp³-hybridized carbons (Fsp3) is 0.304. The number of oxazole rings is 1. The van der Waals surface area contributed by atoms with Crippen LogP contribution in [-0.4, -0.2) is 43.5 Å². The zero-order valence-electron chi connectivity index (χ0n) is 17.7. The Morgan fingerprint density at radius 1 is 1.23 bits per heavy atom. The molecule has 0 bridgehead atoms. The topological polar surface area (TPSA) is 67.6 Å². The molecule has 31 heavy (non-hydrogen) atoms. The summed E-state index contributed by atoms with van der Waals surface area (Å²) in [6.07, 6.45) is 1.80. The van der Waals surface area contributed by atoms with Gasteiger partial charge in [0.2, 0.25) is 5.91 Å². The van der Waals surface area contributed by atoms with Crippen LogP contribution >= 0.6 is 0 Å². The van der Waals surface area contributed by atoms with Crippen molar-refractivity contribution in [1.29, 1.82) is 0 Å². The van der Waals surface area contributed by atoms with Crippen LogP contribution in [-0.2, 0) is 11.2 Å². The van der Waals surface area contributed by atoms with Gasteiger partial charge in [-0.3, -0.25) is 4.79 Å². The number of nitrogens with one attached hydrogen (secondary N) is 1. The number of halogens is 2. The second-order valence-electron chi connectivity index (χ2n) is 7.30. The highest BCUT2D eigenvalue weighted by Gasteiger charge is 2.17. The number of likely N-dealkylation sites (N-methyl/N-ethyl adjacent to an activating group) is 1. The first kappa shape index (κ1) is 22.4. The molecular weight excluding hydrogens is 404 g/mol. The predicted molar refractivity (Wildman–Crippen MR) is 113 cm³/mol. The molecule has 1 N–H and O–H groups in total. The van der Waals surface area contributed by atoms with Gasteiger partial charge in [0.05, 0.1) is 24.9 Å². The molecule has 1 amide bonds. The van der Waals surface area contributed by atoms with Crippen molar-refractivity contribution in [2.75, 3.05) is 27.7 Å². The Labute approximate surface area is 179 Å². The number of aryl methyl sites for hydroxylation is 1. The van der Waals surface area contributed by atoms with Crippen LogP contribution < -0.4 is 10.1 Å². The first-order valence-electron chi connectivity index (χ1n) is 9.84. The molecule has 3 rings (SSSR count). The smallest absolute Gasteiger partial charge is 0.220 e. The van der Waals surface area contributed by atoms with Crippen LogP contribution in [0.1, 0.15) is 23.9 Å². The molecule has 0 saturated heterocycles. The minimum atomic E-state index is -0.729. The van der Waals surface area contributed by atoms with Crippen molar-refractivity contribution in [3.05, 3.63) is 71.8 Å². The van der Waals surface area contributed by atoms with Crippen LogP contribution in [0.15, 0.2) is 53.1 Å². The highest BCUT2D eigenvalue weighted by Crippen LogP contribution is 2.25. The van der Waals surface area contributed by atoms with Crippen LogP contribution in [0.4, 0.5) is 8.78 Å². The van der Waals surface area contributed by atoms with Gasteiger partial charge in [-0.1, -0.05) is 12.1 Å². The van der Waals surface area contributed by atoms with E-state index in [1.54, 1.807) is 7.11 Å². The van der Waals surface area contributed by atoms with Crippen molar-refractivity contribution in [1.82, 2.24) is 15.2 Å². The fourth-order valence-corrected chi connectivity index (χ4v) is 3.21. The molecule has 1 aromatic heterocycles. The van der Waals surface area contributed by atoms with Crippen molar-refractivity contribution in [3.8, 4) is 17.1 Å². The Bertz CT molecular complexity index is 1040. The third-order valence-electron chi connectivity index (χ3n) is 4.91. The molecule has 0 fully saturated rings. The van der Waals surface area contributed by atoms with E-state index in [9.17, 15) is 13.6 Å². The summed E-state index contributed by atoms with van der Waals surface area (Å²) >= 11 is 0. The van der Waals surface area contributed by atoms with Crippen LogP contribution in [0.3, 0.4) is 0 Å². The van der Waals surface area contributed by atoms with Gasteiger partial charge < -0.3 is 19.4 Å². The standard InChI is InChI=1S/C23H25F2N3O3/c1-28(2)20(15-5-4-6-17(11-15)30-3)13-26-22(29)9-10-23-27-14-21(31-23)18-8-7-16(24)12-19(18)25/h4-8,11-12,14,20H,9-10,13H2,1-3H3,(H,26,29). The maximum atomic E-state index is 13.9. The van der Waals surface area contributed by atoms with Crippen molar-refractivity contribution in [2.45, 2.75) is 18.9 Å². The lowest BCUT2D eigenvalue weighted by Gasteiger charge is -2.25. The molecule has 1 unspecified atom stereocenters. The van der Waals surface area contributed by atoms with E-state index in [0.29, 0.717) is 12.4 Å². The lowest BCUT2D eigenvalue weighted by Crippen LogP contribution is -2.34. The van der Waals surface area contributed by atoms with E-state index in [1.807, 2.05) is 43.3 Å². The monoisotopic (exact) mass is 429 g/mol.